The number of carbonyl (C=O) groups excluding carboxylic acids is 6. The van der Waals surface area contributed by atoms with Gasteiger partial charge >= 0.3 is 0 Å². The zero-order valence-corrected chi connectivity index (χ0v) is 37.8. The number of nitrogens with zero attached hydrogens (tertiary/aromatic N) is 6. The van der Waals surface area contributed by atoms with E-state index in [9.17, 15) is 39.0 Å². The van der Waals surface area contributed by atoms with Crippen molar-refractivity contribution in [2.45, 2.75) is 139 Å². The average molecular weight is 947 g/mol. The number of unbranched alkanes of at least 4 members (excludes halogenated alkanes) is 5. The Kier molecular flexibility index (Phi) is 24.0. The summed E-state index contributed by atoms with van der Waals surface area (Å²) in [6.45, 7) is 1.41. The highest BCUT2D eigenvalue weighted by atomic mass is 16.6. The summed E-state index contributed by atoms with van der Waals surface area (Å²) >= 11 is 0. The molecule has 2 aromatic heterocycles. The van der Waals surface area contributed by atoms with Gasteiger partial charge in [-0.3, -0.25) is 43.3 Å². The van der Waals surface area contributed by atoms with Gasteiger partial charge in [0, 0.05) is 39.0 Å². The third-order valence-electron chi connectivity index (χ3n) is 10.7. The number of amides is 6. The molecule has 0 bridgehead atoms. The molecule has 3 rings (SSSR count). The molecule has 2 aromatic rings. The highest BCUT2D eigenvalue weighted by molar-refractivity contribution is 5.92. The van der Waals surface area contributed by atoms with Gasteiger partial charge in [0.1, 0.15) is 42.2 Å². The van der Waals surface area contributed by atoms with E-state index in [-0.39, 0.29) is 86.0 Å². The normalized spacial score (nSPS) is 18.0. The lowest BCUT2D eigenvalue weighted by molar-refractivity contribution is -0.137. The number of ether oxygens (including phenoxy) is 1. The molecule has 374 valence electrons. The second kappa shape index (κ2) is 29.2. The summed E-state index contributed by atoms with van der Waals surface area (Å²) in [5, 5.41) is 34.9. The molecule has 1 aliphatic rings. The largest absolute Gasteiger partial charge is 0.387 e. The van der Waals surface area contributed by atoms with Crippen molar-refractivity contribution in [1.29, 1.82) is 0 Å². The minimum atomic E-state index is -1.52. The van der Waals surface area contributed by atoms with Gasteiger partial charge in [-0.15, -0.1) is 0 Å². The summed E-state index contributed by atoms with van der Waals surface area (Å²) < 4.78 is 7.10. The number of rotatable bonds is 32. The van der Waals surface area contributed by atoms with Gasteiger partial charge in [0.15, 0.2) is 35.7 Å². The van der Waals surface area contributed by atoms with Gasteiger partial charge < -0.3 is 81.7 Å². The van der Waals surface area contributed by atoms with Crippen molar-refractivity contribution in [3.8, 4) is 0 Å². The lowest BCUT2D eigenvalue weighted by Crippen LogP contribution is -2.53. The molecule has 1 saturated heterocycles. The van der Waals surface area contributed by atoms with Gasteiger partial charge in [-0.25, -0.2) is 15.0 Å². The zero-order chi connectivity index (χ0) is 49.3. The van der Waals surface area contributed by atoms with Crippen LogP contribution in [0.1, 0.15) is 103 Å². The molecule has 21 N–H and O–H groups in total. The lowest BCUT2D eigenvalue weighted by atomic mass is 10.1. The smallest absolute Gasteiger partial charge is 0.252 e. The van der Waals surface area contributed by atoms with Crippen molar-refractivity contribution in [3.63, 3.8) is 0 Å². The van der Waals surface area contributed by atoms with Crippen LogP contribution in [0.15, 0.2) is 22.6 Å². The van der Waals surface area contributed by atoms with Gasteiger partial charge in [-0.1, -0.05) is 12.8 Å². The van der Waals surface area contributed by atoms with Crippen molar-refractivity contribution in [2.75, 3.05) is 38.5 Å². The average Bonchev–Trinajstić information content (AvgIpc) is 3.84. The first-order valence-electron chi connectivity index (χ1n) is 22.5. The topological polar surface area (TPSA) is 463 Å². The predicted molar refractivity (Wildman–Crippen MR) is 246 cm³/mol. The molecule has 3 heterocycles. The summed E-state index contributed by atoms with van der Waals surface area (Å²) in [6, 6.07) is -2.78. The van der Waals surface area contributed by atoms with Gasteiger partial charge in [0.25, 0.3) is 5.91 Å². The molecule has 0 spiro atoms. The minimum Gasteiger partial charge on any atom is -0.387 e. The molecular formula is C40H70N18O9. The van der Waals surface area contributed by atoms with E-state index in [1.165, 1.54) is 17.2 Å². The van der Waals surface area contributed by atoms with Crippen molar-refractivity contribution >= 4 is 64.3 Å². The monoisotopic (exact) mass is 947 g/mol. The lowest BCUT2D eigenvalue weighted by Gasteiger charge is -2.22. The van der Waals surface area contributed by atoms with Crippen LogP contribution in [0.3, 0.4) is 0 Å². The van der Waals surface area contributed by atoms with Gasteiger partial charge in [0.05, 0.1) is 6.33 Å². The van der Waals surface area contributed by atoms with E-state index >= 15 is 0 Å². The summed E-state index contributed by atoms with van der Waals surface area (Å²) in [6.07, 6.45) is 3.22. The molecule has 7 atom stereocenters. The Bertz CT molecular complexity index is 1980. The molecule has 0 unspecified atom stereocenters. The van der Waals surface area contributed by atoms with Crippen molar-refractivity contribution < 1.29 is 43.7 Å². The molecule has 27 heteroatoms. The number of nitrogens with one attached hydrogen (secondary N) is 5. The van der Waals surface area contributed by atoms with Gasteiger partial charge in [0.2, 0.25) is 29.5 Å². The van der Waals surface area contributed by atoms with Crippen LogP contribution < -0.4 is 66.7 Å². The molecule has 0 saturated carbocycles. The number of aliphatic hydroxyl groups is 2. The molecule has 0 aromatic carbocycles. The number of aliphatic imine (C=N–C) groups is 2. The van der Waals surface area contributed by atoms with E-state index in [1.54, 1.807) is 0 Å². The fraction of sp³-hybridized carbons (Fsp3) is 0.675. The standard InChI is InChI=1S/C40H70N18O9/c41-16-6-5-11-24(55-26(59)14-4-2-8-18-49-37(66)31-29(61)30(62)38(67-31)58-22-54-28-32(42)52-21-53-34(28)58)35(64)48-17-7-1-3-15-27(60)56-25(13-10-20-51-40(46)47)36(65)57-23(33(43)63)12-9-19-50-39(44)45/h21-25,29-31,38,61-62H,1-20,41H2,(H2,43,63)(H,48,64)(H,49,66)(H,55,59)(H,56,60)(H,57,65)(H2,42,52,53)(H4,44,45,50)(H4,46,47,51)/t23-,24+,25-,29-,30+,31-,38+/m0/s1. The third-order valence-corrected chi connectivity index (χ3v) is 10.7. The highest BCUT2D eigenvalue weighted by Crippen LogP contribution is 2.32. The molecule has 27 nitrogen and oxygen atoms in total. The Morgan fingerprint density at radius 1 is 0.672 bits per heavy atom. The van der Waals surface area contributed by atoms with E-state index in [0.717, 1.165) is 0 Å². The molecule has 0 aliphatic carbocycles. The Morgan fingerprint density at radius 3 is 1.82 bits per heavy atom. The summed E-state index contributed by atoms with van der Waals surface area (Å²) in [5.41, 5.74) is 39.0. The Morgan fingerprint density at radius 2 is 1.24 bits per heavy atom. The number of anilines is 1. The summed E-state index contributed by atoms with van der Waals surface area (Å²) in [4.78, 5) is 96.9. The highest BCUT2D eigenvalue weighted by Gasteiger charge is 2.47. The van der Waals surface area contributed by atoms with E-state index in [1.807, 2.05) is 0 Å². The molecule has 67 heavy (non-hydrogen) atoms. The van der Waals surface area contributed by atoms with Crippen LogP contribution in [0, 0.1) is 0 Å². The van der Waals surface area contributed by atoms with Gasteiger partial charge in [-0.2, -0.15) is 0 Å². The second-order valence-electron chi connectivity index (χ2n) is 16.1. The summed E-state index contributed by atoms with van der Waals surface area (Å²) in [7, 11) is 0. The molecule has 0 radical (unpaired) electrons. The fourth-order valence-corrected chi connectivity index (χ4v) is 7.11. The first kappa shape index (κ1) is 54.9. The minimum absolute atomic E-state index is 0.0912. The van der Waals surface area contributed by atoms with E-state index in [4.69, 9.17) is 44.9 Å². The Hall–Kier alpha value is -6.45. The van der Waals surface area contributed by atoms with Crippen LogP contribution in [0.2, 0.25) is 0 Å². The number of guanidine groups is 2. The van der Waals surface area contributed by atoms with E-state index in [0.29, 0.717) is 83.7 Å². The van der Waals surface area contributed by atoms with Crippen LogP contribution in [-0.4, -0.2) is 146 Å². The van der Waals surface area contributed by atoms with Crippen LogP contribution in [0.4, 0.5) is 5.82 Å². The number of hydrogen-bond donors (Lipinski definition) is 14. The zero-order valence-electron chi connectivity index (χ0n) is 37.8. The maximum absolute atomic E-state index is 13.2. The van der Waals surface area contributed by atoms with Crippen molar-refractivity contribution in [2.24, 2.45) is 44.4 Å². The maximum atomic E-state index is 13.2. The number of hydrogen-bond acceptors (Lipinski definition) is 16. The third kappa shape index (κ3) is 19.1. The molecular weight excluding hydrogens is 877 g/mol. The van der Waals surface area contributed by atoms with Gasteiger partial charge in [-0.05, 0) is 77.2 Å². The van der Waals surface area contributed by atoms with Crippen LogP contribution in [0.25, 0.3) is 11.2 Å². The number of nitrogens with two attached hydrogens (primary N) is 7. The van der Waals surface area contributed by atoms with Crippen LogP contribution in [0.5, 0.6) is 0 Å². The molecule has 6 amide bonds. The Labute approximate surface area is 388 Å². The van der Waals surface area contributed by atoms with Crippen LogP contribution >= 0.6 is 0 Å². The number of fused-ring (bicyclic) bond motifs is 1. The molecule has 1 fully saturated rings. The second-order valence-corrected chi connectivity index (χ2v) is 16.1. The molecule has 1 aliphatic heterocycles. The van der Waals surface area contributed by atoms with Crippen molar-refractivity contribution in [3.05, 3.63) is 12.7 Å². The number of nitrogen functional groups attached to an aromatic ring is 1. The number of imidazole rings is 1. The predicted octanol–water partition coefficient (Wildman–Crippen LogP) is -4.44. The van der Waals surface area contributed by atoms with Crippen LogP contribution in [-0.2, 0) is 33.5 Å². The number of carbonyl (C=O) groups is 6. The van der Waals surface area contributed by atoms with E-state index in [2.05, 4.69) is 51.5 Å². The first-order chi connectivity index (χ1) is 32.0. The number of aliphatic hydroxyl groups excluding tert-OH is 2. The maximum Gasteiger partial charge on any atom is 0.252 e. The fourth-order valence-electron chi connectivity index (χ4n) is 7.11. The SMILES string of the molecule is NCCCC[C@@H](NC(=O)CCCCCNC(=O)[C@H]1O[C@@H](n2cnc3c(N)ncnc32)[C@H](O)[C@@H]1O)C(=O)NCCCCCC(=O)N[C@@H](CCCN=C(N)N)C(=O)N[C@@H](CCCN=C(N)N)C(N)=O. The van der Waals surface area contributed by atoms with E-state index < -0.39 is 66.3 Å². The quantitative estimate of drug-likeness (QED) is 0.0187. The Balaban J connectivity index is 1.36. The number of primary amides is 1. The number of aromatic nitrogens is 4. The first-order valence-corrected chi connectivity index (χ1v) is 22.5. The summed E-state index contributed by atoms with van der Waals surface area (Å²) in [5.74, 6) is -3.10. The van der Waals surface area contributed by atoms with Crippen molar-refractivity contribution in [1.82, 2.24) is 46.1 Å².